The summed E-state index contributed by atoms with van der Waals surface area (Å²) in [4.78, 5) is 25.6. The summed E-state index contributed by atoms with van der Waals surface area (Å²) in [6.45, 7) is 2.99. The third kappa shape index (κ3) is 4.35. The largest absolute Gasteiger partial charge is 0.494 e. The van der Waals surface area contributed by atoms with E-state index in [1.165, 1.54) is 0 Å². The van der Waals surface area contributed by atoms with Gasteiger partial charge in [0.25, 0.3) is 11.8 Å². The number of carbonyl (C=O) groups is 2. The van der Waals surface area contributed by atoms with Crippen LogP contribution in [-0.2, 0) is 6.54 Å². The first kappa shape index (κ1) is 17.5. The molecule has 0 radical (unpaired) electrons. The minimum Gasteiger partial charge on any atom is -0.494 e. The van der Waals surface area contributed by atoms with Gasteiger partial charge in [-0.25, -0.2) is 0 Å². The van der Waals surface area contributed by atoms with E-state index in [2.05, 4.69) is 5.32 Å². The van der Waals surface area contributed by atoms with Crippen LogP contribution >= 0.6 is 0 Å². The van der Waals surface area contributed by atoms with E-state index in [0.717, 1.165) is 11.3 Å². The molecule has 5 heteroatoms. The van der Waals surface area contributed by atoms with Crippen molar-refractivity contribution in [3.05, 3.63) is 65.2 Å². The topological polar surface area (TPSA) is 58.6 Å². The standard InChI is InChI=1S/C19H22N2O3/c1-4-24-17-11-9-16(10-12-17)19(23)21(3)13-14-5-7-15(8-6-14)18(22)20-2/h5-12H,4,13H2,1-3H3,(H,20,22). The molecule has 2 aromatic rings. The zero-order chi connectivity index (χ0) is 17.5. The number of hydrogen-bond donors (Lipinski definition) is 1. The van der Waals surface area contributed by atoms with Crippen LogP contribution in [0, 0.1) is 0 Å². The molecule has 0 spiro atoms. The summed E-state index contributed by atoms with van der Waals surface area (Å²) < 4.78 is 5.38. The lowest BCUT2D eigenvalue weighted by molar-refractivity contribution is 0.0784. The molecule has 0 aliphatic rings. The van der Waals surface area contributed by atoms with Crippen LogP contribution in [0.3, 0.4) is 0 Å². The minimum absolute atomic E-state index is 0.0616. The normalized spacial score (nSPS) is 10.1. The highest BCUT2D eigenvalue weighted by molar-refractivity contribution is 5.94. The van der Waals surface area contributed by atoms with E-state index in [-0.39, 0.29) is 11.8 Å². The molecule has 126 valence electrons. The number of nitrogens with one attached hydrogen (secondary N) is 1. The first-order valence-corrected chi connectivity index (χ1v) is 7.84. The van der Waals surface area contributed by atoms with Crippen LogP contribution in [0.4, 0.5) is 0 Å². The van der Waals surface area contributed by atoms with E-state index in [9.17, 15) is 9.59 Å². The maximum Gasteiger partial charge on any atom is 0.253 e. The summed E-state index contributed by atoms with van der Waals surface area (Å²) in [5, 5.41) is 2.58. The highest BCUT2D eigenvalue weighted by atomic mass is 16.5. The fourth-order valence-corrected chi connectivity index (χ4v) is 2.33. The van der Waals surface area contributed by atoms with E-state index in [4.69, 9.17) is 4.74 Å². The monoisotopic (exact) mass is 326 g/mol. The van der Waals surface area contributed by atoms with Crippen LogP contribution in [0.25, 0.3) is 0 Å². The maximum atomic E-state index is 12.5. The van der Waals surface area contributed by atoms with Crippen LogP contribution in [0.5, 0.6) is 5.75 Å². The summed E-state index contributed by atoms with van der Waals surface area (Å²) in [6, 6.07) is 14.3. The number of ether oxygens (including phenoxy) is 1. The predicted octanol–water partition coefficient (Wildman–Crippen LogP) is 2.72. The molecule has 0 saturated carbocycles. The summed E-state index contributed by atoms with van der Waals surface area (Å²) in [5.41, 5.74) is 2.18. The van der Waals surface area contributed by atoms with E-state index in [1.54, 1.807) is 55.4 Å². The molecule has 0 aliphatic carbocycles. The number of amides is 2. The Bertz CT molecular complexity index is 694. The Hall–Kier alpha value is -2.82. The lowest BCUT2D eigenvalue weighted by Crippen LogP contribution is -2.26. The molecule has 2 amide bonds. The molecule has 0 aliphatic heterocycles. The van der Waals surface area contributed by atoms with Crippen LogP contribution in [0.15, 0.2) is 48.5 Å². The summed E-state index contributed by atoms with van der Waals surface area (Å²) in [6.07, 6.45) is 0. The van der Waals surface area contributed by atoms with Crippen molar-refractivity contribution in [2.45, 2.75) is 13.5 Å². The van der Waals surface area contributed by atoms with Gasteiger partial charge in [0, 0.05) is 31.8 Å². The highest BCUT2D eigenvalue weighted by Crippen LogP contribution is 2.15. The summed E-state index contributed by atoms with van der Waals surface area (Å²) in [5.74, 6) is 0.565. The van der Waals surface area contributed by atoms with Gasteiger partial charge in [0.15, 0.2) is 0 Å². The summed E-state index contributed by atoms with van der Waals surface area (Å²) >= 11 is 0. The van der Waals surface area contributed by atoms with Gasteiger partial charge in [-0.1, -0.05) is 12.1 Å². The number of rotatable bonds is 6. The average Bonchev–Trinajstić information content (AvgIpc) is 2.62. The van der Waals surface area contributed by atoms with Crippen molar-refractivity contribution in [3.8, 4) is 5.75 Å². The Morgan fingerprint density at radius 3 is 2.12 bits per heavy atom. The van der Waals surface area contributed by atoms with Crippen molar-refractivity contribution in [1.29, 1.82) is 0 Å². The van der Waals surface area contributed by atoms with Crippen molar-refractivity contribution in [2.24, 2.45) is 0 Å². The Kier molecular flexibility index (Phi) is 5.95. The Morgan fingerprint density at radius 2 is 1.58 bits per heavy atom. The Labute approximate surface area is 142 Å². The average molecular weight is 326 g/mol. The molecule has 2 aromatic carbocycles. The van der Waals surface area contributed by atoms with Crippen molar-refractivity contribution >= 4 is 11.8 Å². The first-order chi connectivity index (χ1) is 11.5. The van der Waals surface area contributed by atoms with E-state index < -0.39 is 0 Å². The van der Waals surface area contributed by atoms with Crippen molar-refractivity contribution in [2.75, 3.05) is 20.7 Å². The van der Waals surface area contributed by atoms with Gasteiger partial charge in [0.05, 0.1) is 6.61 Å². The van der Waals surface area contributed by atoms with Gasteiger partial charge in [-0.15, -0.1) is 0 Å². The number of nitrogens with zero attached hydrogens (tertiary/aromatic N) is 1. The Morgan fingerprint density at radius 1 is 1.00 bits per heavy atom. The van der Waals surface area contributed by atoms with E-state index in [1.807, 2.05) is 19.1 Å². The molecule has 0 unspecified atom stereocenters. The molecule has 0 heterocycles. The van der Waals surface area contributed by atoms with E-state index in [0.29, 0.717) is 24.3 Å². The molecule has 24 heavy (non-hydrogen) atoms. The molecular formula is C19H22N2O3. The van der Waals surface area contributed by atoms with Crippen molar-refractivity contribution in [3.63, 3.8) is 0 Å². The molecule has 0 fully saturated rings. The van der Waals surface area contributed by atoms with Gasteiger partial charge in [-0.2, -0.15) is 0 Å². The molecule has 1 N–H and O–H groups in total. The van der Waals surface area contributed by atoms with Crippen molar-refractivity contribution < 1.29 is 14.3 Å². The van der Waals surface area contributed by atoms with Gasteiger partial charge in [0.1, 0.15) is 5.75 Å². The highest BCUT2D eigenvalue weighted by Gasteiger charge is 2.12. The molecular weight excluding hydrogens is 304 g/mol. The molecule has 5 nitrogen and oxygen atoms in total. The molecule has 2 rings (SSSR count). The second-order valence-corrected chi connectivity index (χ2v) is 5.39. The fraction of sp³-hybridized carbons (Fsp3) is 0.263. The number of carbonyl (C=O) groups excluding carboxylic acids is 2. The predicted molar refractivity (Wildman–Crippen MR) is 93.2 cm³/mol. The zero-order valence-corrected chi connectivity index (χ0v) is 14.2. The van der Waals surface area contributed by atoms with Gasteiger partial charge in [-0.3, -0.25) is 9.59 Å². The van der Waals surface area contributed by atoms with Crippen LogP contribution in [-0.4, -0.2) is 37.4 Å². The second-order valence-electron chi connectivity index (χ2n) is 5.39. The zero-order valence-electron chi connectivity index (χ0n) is 14.2. The fourth-order valence-electron chi connectivity index (χ4n) is 2.33. The van der Waals surface area contributed by atoms with Gasteiger partial charge >= 0.3 is 0 Å². The lowest BCUT2D eigenvalue weighted by Gasteiger charge is -2.18. The van der Waals surface area contributed by atoms with Crippen LogP contribution < -0.4 is 10.1 Å². The molecule has 0 bridgehead atoms. The van der Waals surface area contributed by atoms with Crippen LogP contribution in [0.1, 0.15) is 33.2 Å². The van der Waals surface area contributed by atoms with Gasteiger partial charge in [-0.05, 0) is 48.9 Å². The third-order valence-electron chi connectivity index (χ3n) is 3.62. The van der Waals surface area contributed by atoms with E-state index >= 15 is 0 Å². The SMILES string of the molecule is CCOc1ccc(C(=O)N(C)Cc2ccc(C(=O)NC)cc2)cc1. The molecule has 0 saturated heterocycles. The van der Waals surface area contributed by atoms with Crippen LogP contribution in [0.2, 0.25) is 0 Å². The first-order valence-electron chi connectivity index (χ1n) is 7.84. The Balaban J connectivity index is 2.01. The number of benzene rings is 2. The molecule has 0 atom stereocenters. The lowest BCUT2D eigenvalue weighted by atomic mass is 10.1. The smallest absolute Gasteiger partial charge is 0.253 e. The van der Waals surface area contributed by atoms with Gasteiger partial charge in [0.2, 0.25) is 0 Å². The maximum absolute atomic E-state index is 12.5. The second kappa shape index (κ2) is 8.15. The number of hydrogen-bond acceptors (Lipinski definition) is 3. The quantitative estimate of drug-likeness (QED) is 0.888. The van der Waals surface area contributed by atoms with Crippen molar-refractivity contribution in [1.82, 2.24) is 10.2 Å². The molecule has 0 aromatic heterocycles. The third-order valence-corrected chi connectivity index (χ3v) is 3.62. The minimum atomic E-state index is -0.125. The summed E-state index contributed by atoms with van der Waals surface area (Å²) in [7, 11) is 3.35. The van der Waals surface area contributed by atoms with Gasteiger partial charge < -0.3 is 15.0 Å².